The van der Waals surface area contributed by atoms with E-state index in [1.807, 2.05) is 41.8 Å². The van der Waals surface area contributed by atoms with Crippen LogP contribution in [0.1, 0.15) is 38.8 Å². The van der Waals surface area contributed by atoms with E-state index in [1.165, 1.54) is 5.01 Å². The van der Waals surface area contributed by atoms with E-state index in [-0.39, 0.29) is 24.5 Å². The van der Waals surface area contributed by atoms with Crippen LogP contribution < -0.4 is 14.8 Å². The zero-order valence-corrected chi connectivity index (χ0v) is 18.9. The topological polar surface area (TPSA) is 80.2 Å². The van der Waals surface area contributed by atoms with Crippen molar-refractivity contribution in [3.8, 4) is 11.5 Å². The lowest BCUT2D eigenvalue weighted by Crippen LogP contribution is -2.33. The van der Waals surface area contributed by atoms with Crippen LogP contribution in [0.4, 0.5) is 0 Å². The molecule has 1 atom stereocenters. The zero-order valence-electron chi connectivity index (χ0n) is 18.1. The van der Waals surface area contributed by atoms with Crippen molar-refractivity contribution in [1.82, 2.24) is 10.3 Å². The molecule has 2 amide bonds. The molecule has 1 N–H and O–H groups in total. The molecule has 5 rings (SSSR count). The fraction of sp³-hybridized carbons (Fsp3) is 0.240. The van der Waals surface area contributed by atoms with Crippen LogP contribution in [0.2, 0.25) is 0 Å². The first-order valence-electron chi connectivity index (χ1n) is 10.7. The van der Waals surface area contributed by atoms with Gasteiger partial charge < -0.3 is 14.8 Å². The normalized spacial score (nSPS) is 17.2. The molecule has 0 bridgehead atoms. The molecule has 8 heteroatoms. The van der Waals surface area contributed by atoms with Crippen LogP contribution in [0.3, 0.4) is 0 Å². The van der Waals surface area contributed by atoms with Gasteiger partial charge in [0.05, 0.1) is 23.7 Å². The van der Waals surface area contributed by atoms with E-state index in [2.05, 4.69) is 10.4 Å². The van der Waals surface area contributed by atoms with E-state index in [1.54, 1.807) is 36.6 Å². The molecule has 2 aliphatic heterocycles. The molecule has 0 radical (unpaired) electrons. The Morgan fingerprint density at radius 1 is 1.18 bits per heavy atom. The fourth-order valence-electron chi connectivity index (χ4n) is 4.19. The summed E-state index contributed by atoms with van der Waals surface area (Å²) >= 11 is 1.61. The van der Waals surface area contributed by atoms with E-state index < -0.39 is 0 Å². The standard InChI is InChI=1S/C25H23N3O4S/c1-31-17-9-7-16(8-10-17)21-14-20(23-6-3-13-33-23)27-28(21)24(29)15-32-22-5-2-4-19-18(22)11-12-26-25(19)30/h2-10,13,21H,11-12,14-15H2,1H3,(H,26,30)/t21-/m0/s1. The number of nitrogens with zero attached hydrogens (tertiary/aromatic N) is 2. The lowest BCUT2D eigenvalue weighted by Gasteiger charge is -2.23. The quantitative estimate of drug-likeness (QED) is 0.606. The third kappa shape index (κ3) is 4.21. The average molecular weight is 462 g/mol. The summed E-state index contributed by atoms with van der Waals surface area (Å²) in [5.74, 6) is 0.978. The Morgan fingerprint density at radius 3 is 2.79 bits per heavy atom. The molecule has 1 aromatic heterocycles. The van der Waals surface area contributed by atoms with E-state index >= 15 is 0 Å². The van der Waals surface area contributed by atoms with Crippen molar-refractivity contribution in [2.75, 3.05) is 20.3 Å². The van der Waals surface area contributed by atoms with Gasteiger partial charge in [0.2, 0.25) is 0 Å². The maximum atomic E-state index is 13.3. The number of hydrogen-bond donors (Lipinski definition) is 1. The number of ether oxygens (including phenoxy) is 2. The second kappa shape index (κ2) is 9.07. The summed E-state index contributed by atoms with van der Waals surface area (Å²) in [5, 5.41) is 11.0. The predicted octanol–water partition coefficient (Wildman–Crippen LogP) is 3.80. The summed E-state index contributed by atoms with van der Waals surface area (Å²) in [6.45, 7) is 0.395. The summed E-state index contributed by atoms with van der Waals surface area (Å²) in [7, 11) is 1.63. The molecule has 3 heterocycles. The van der Waals surface area contributed by atoms with Gasteiger partial charge in [0.25, 0.3) is 11.8 Å². The molecule has 0 aliphatic carbocycles. The largest absolute Gasteiger partial charge is 0.497 e. The number of amides is 2. The first-order valence-corrected chi connectivity index (χ1v) is 11.6. The van der Waals surface area contributed by atoms with Crippen LogP contribution in [-0.4, -0.2) is 42.8 Å². The van der Waals surface area contributed by atoms with E-state index in [9.17, 15) is 9.59 Å². The minimum atomic E-state index is -0.236. The van der Waals surface area contributed by atoms with E-state index in [4.69, 9.17) is 9.47 Å². The molecule has 33 heavy (non-hydrogen) atoms. The molecule has 2 aromatic carbocycles. The summed E-state index contributed by atoms with van der Waals surface area (Å²) in [4.78, 5) is 26.4. The van der Waals surface area contributed by atoms with Crippen molar-refractivity contribution in [2.24, 2.45) is 5.10 Å². The SMILES string of the molecule is COc1ccc([C@@H]2CC(c3cccs3)=NN2C(=O)COc2cccc3c2CCNC3=O)cc1. The van der Waals surface area contributed by atoms with Gasteiger partial charge >= 0.3 is 0 Å². The number of rotatable bonds is 6. The third-order valence-corrected chi connectivity index (χ3v) is 6.78. The minimum Gasteiger partial charge on any atom is -0.497 e. The van der Waals surface area contributed by atoms with Crippen molar-refractivity contribution in [2.45, 2.75) is 18.9 Å². The van der Waals surface area contributed by atoms with Gasteiger partial charge in [0.15, 0.2) is 6.61 Å². The molecule has 3 aromatic rings. The maximum absolute atomic E-state index is 13.3. The van der Waals surface area contributed by atoms with Crippen molar-refractivity contribution < 1.29 is 19.1 Å². The molecule has 0 saturated heterocycles. The molecule has 0 spiro atoms. The van der Waals surface area contributed by atoms with Crippen LogP contribution in [0.15, 0.2) is 65.1 Å². The highest BCUT2D eigenvalue weighted by atomic mass is 32.1. The highest BCUT2D eigenvalue weighted by Crippen LogP contribution is 2.35. The summed E-state index contributed by atoms with van der Waals surface area (Å²) in [6, 6.07) is 16.8. The third-order valence-electron chi connectivity index (χ3n) is 5.86. The monoisotopic (exact) mass is 461 g/mol. The summed E-state index contributed by atoms with van der Waals surface area (Å²) in [5.41, 5.74) is 3.30. The van der Waals surface area contributed by atoms with Gasteiger partial charge in [0.1, 0.15) is 11.5 Å². The number of carbonyl (C=O) groups excluding carboxylic acids is 2. The Bertz CT molecular complexity index is 1200. The van der Waals surface area contributed by atoms with Crippen LogP contribution in [0, 0.1) is 0 Å². The Labute approximate surface area is 195 Å². The first-order chi connectivity index (χ1) is 16.1. The molecule has 168 valence electrons. The van der Waals surface area contributed by atoms with Gasteiger partial charge in [-0.3, -0.25) is 9.59 Å². The average Bonchev–Trinajstić information content (AvgIpc) is 3.53. The van der Waals surface area contributed by atoms with Gasteiger partial charge in [-0.05, 0) is 47.7 Å². The molecule has 7 nitrogen and oxygen atoms in total. The number of hydrogen-bond acceptors (Lipinski definition) is 6. The van der Waals surface area contributed by atoms with Crippen LogP contribution in [0.25, 0.3) is 0 Å². The highest BCUT2D eigenvalue weighted by Gasteiger charge is 2.34. The number of methoxy groups -OCH3 is 1. The van der Waals surface area contributed by atoms with Crippen LogP contribution >= 0.6 is 11.3 Å². The Kier molecular flexibility index (Phi) is 5.83. The minimum absolute atomic E-state index is 0.114. The van der Waals surface area contributed by atoms with E-state index in [0.717, 1.165) is 27.5 Å². The van der Waals surface area contributed by atoms with Gasteiger partial charge in [0, 0.05) is 24.1 Å². The maximum Gasteiger partial charge on any atom is 0.281 e. The van der Waals surface area contributed by atoms with Crippen molar-refractivity contribution in [3.63, 3.8) is 0 Å². The van der Waals surface area contributed by atoms with Gasteiger partial charge in [-0.1, -0.05) is 24.3 Å². The first kappa shape index (κ1) is 21.2. The number of nitrogens with one attached hydrogen (secondary N) is 1. The molecule has 0 fully saturated rings. The Balaban J connectivity index is 1.38. The molecular formula is C25H23N3O4S. The van der Waals surface area contributed by atoms with Gasteiger partial charge in [-0.15, -0.1) is 11.3 Å². The lowest BCUT2D eigenvalue weighted by molar-refractivity contribution is -0.135. The van der Waals surface area contributed by atoms with E-state index in [0.29, 0.717) is 30.7 Å². The number of benzene rings is 2. The number of fused-ring (bicyclic) bond motifs is 1. The summed E-state index contributed by atoms with van der Waals surface area (Å²) in [6.07, 6.45) is 1.30. The molecule has 0 saturated carbocycles. The predicted molar refractivity (Wildman–Crippen MR) is 126 cm³/mol. The lowest BCUT2D eigenvalue weighted by atomic mass is 9.99. The second-order valence-electron chi connectivity index (χ2n) is 7.83. The number of thiophene rings is 1. The van der Waals surface area contributed by atoms with Crippen LogP contribution in [-0.2, 0) is 11.2 Å². The molecular weight excluding hydrogens is 438 g/mol. The van der Waals surface area contributed by atoms with Crippen molar-refractivity contribution >= 4 is 28.9 Å². The van der Waals surface area contributed by atoms with Gasteiger partial charge in [-0.25, -0.2) is 5.01 Å². The number of carbonyl (C=O) groups is 2. The molecule has 2 aliphatic rings. The number of hydrazone groups is 1. The zero-order chi connectivity index (χ0) is 22.8. The van der Waals surface area contributed by atoms with Gasteiger partial charge in [-0.2, -0.15) is 5.10 Å². The Morgan fingerprint density at radius 2 is 2.03 bits per heavy atom. The van der Waals surface area contributed by atoms with Crippen molar-refractivity contribution in [3.05, 3.63) is 81.5 Å². The summed E-state index contributed by atoms with van der Waals surface area (Å²) < 4.78 is 11.2. The second-order valence-corrected chi connectivity index (χ2v) is 8.78. The molecule has 0 unspecified atom stereocenters. The smallest absolute Gasteiger partial charge is 0.281 e. The van der Waals surface area contributed by atoms with Crippen LogP contribution in [0.5, 0.6) is 11.5 Å². The fourth-order valence-corrected chi connectivity index (χ4v) is 4.91. The highest BCUT2D eigenvalue weighted by molar-refractivity contribution is 7.12. The van der Waals surface area contributed by atoms with Crippen molar-refractivity contribution in [1.29, 1.82) is 0 Å². The Hall–Kier alpha value is -3.65.